The first-order valence-electron chi connectivity index (χ1n) is 6.53. The van der Waals surface area contributed by atoms with Gasteiger partial charge in [0.1, 0.15) is 17.5 Å². The molecule has 0 aliphatic heterocycles. The first-order chi connectivity index (χ1) is 9.69. The van der Waals surface area contributed by atoms with Crippen molar-refractivity contribution >= 4 is 17.5 Å². The Morgan fingerprint density at radius 3 is 2.80 bits per heavy atom. The molecule has 1 amide bonds. The number of ether oxygens (including phenoxy) is 1. The molecule has 0 fully saturated rings. The Morgan fingerprint density at radius 1 is 1.40 bits per heavy atom. The van der Waals surface area contributed by atoms with Crippen molar-refractivity contribution in [3.8, 4) is 0 Å². The van der Waals surface area contributed by atoms with E-state index in [0.717, 1.165) is 12.8 Å². The van der Waals surface area contributed by atoms with Crippen LogP contribution in [0, 0.1) is 0 Å². The zero-order valence-electron chi connectivity index (χ0n) is 11.9. The molecule has 0 unspecified atom stereocenters. The lowest BCUT2D eigenvalue weighted by Gasteiger charge is -2.09. The van der Waals surface area contributed by atoms with Gasteiger partial charge in [0.25, 0.3) is 0 Å². The quantitative estimate of drug-likeness (QED) is 0.284. The van der Waals surface area contributed by atoms with E-state index in [1.165, 1.54) is 0 Å². The number of amides is 1. The van der Waals surface area contributed by atoms with E-state index in [0.29, 0.717) is 30.6 Å². The van der Waals surface area contributed by atoms with Gasteiger partial charge in [-0.3, -0.25) is 4.79 Å². The smallest absolute Gasteiger partial charge is 0.239 e. The van der Waals surface area contributed by atoms with Crippen molar-refractivity contribution in [2.45, 2.75) is 19.8 Å². The summed E-state index contributed by atoms with van der Waals surface area (Å²) in [7, 11) is 1.59. The fraction of sp³-hybridized carbons (Fsp3) is 0.583. The van der Waals surface area contributed by atoms with Crippen molar-refractivity contribution in [3.63, 3.8) is 0 Å². The summed E-state index contributed by atoms with van der Waals surface area (Å²) >= 11 is 0. The van der Waals surface area contributed by atoms with Gasteiger partial charge in [0.2, 0.25) is 5.91 Å². The lowest BCUT2D eigenvalue weighted by molar-refractivity contribution is -0.119. The zero-order chi connectivity index (χ0) is 14.8. The molecule has 0 saturated carbocycles. The molecule has 1 aromatic rings. The van der Waals surface area contributed by atoms with E-state index in [1.54, 1.807) is 13.2 Å². The van der Waals surface area contributed by atoms with Crippen molar-refractivity contribution in [2.75, 3.05) is 37.5 Å². The maximum Gasteiger partial charge on any atom is 0.239 e. The Hall–Kier alpha value is -1.93. The van der Waals surface area contributed by atoms with E-state index in [-0.39, 0.29) is 12.5 Å². The minimum Gasteiger partial charge on any atom is -0.383 e. The second kappa shape index (κ2) is 9.05. The summed E-state index contributed by atoms with van der Waals surface area (Å²) in [6, 6.07) is 1.65. The highest BCUT2D eigenvalue weighted by molar-refractivity contribution is 5.80. The molecule has 5 N–H and O–H groups in total. The van der Waals surface area contributed by atoms with E-state index in [1.807, 2.05) is 6.92 Å². The summed E-state index contributed by atoms with van der Waals surface area (Å²) in [6.45, 7) is 3.15. The molecular formula is C12H22N6O2. The Kier molecular flexibility index (Phi) is 7.30. The van der Waals surface area contributed by atoms with Gasteiger partial charge in [0, 0.05) is 26.1 Å². The second-order valence-corrected chi connectivity index (χ2v) is 4.15. The van der Waals surface area contributed by atoms with Gasteiger partial charge in [-0.05, 0) is 6.42 Å². The molecule has 0 aliphatic carbocycles. The molecule has 1 rings (SSSR count). The van der Waals surface area contributed by atoms with Gasteiger partial charge in [-0.2, -0.15) is 0 Å². The number of aryl methyl sites for hydroxylation is 1. The van der Waals surface area contributed by atoms with Crippen LogP contribution in [0.5, 0.6) is 0 Å². The SMILES string of the molecule is CCCc1nc(NN)cc(NCC(=O)NCCOC)n1. The summed E-state index contributed by atoms with van der Waals surface area (Å²) in [4.78, 5) is 20.1. The fourth-order valence-electron chi connectivity index (χ4n) is 1.52. The first-order valence-corrected chi connectivity index (χ1v) is 6.53. The van der Waals surface area contributed by atoms with Crippen LogP contribution in [0.4, 0.5) is 11.6 Å². The van der Waals surface area contributed by atoms with Crippen LogP contribution in [0.1, 0.15) is 19.2 Å². The summed E-state index contributed by atoms with van der Waals surface area (Å²) < 4.78 is 4.85. The van der Waals surface area contributed by atoms with Crippen LogP contribution in [0.15, 0.2) is 6.07 Å². The van der Waals surface area contributed by atoms with E-state index in [9.17, 15) is 4.79 Å². The highest BCUT2D eigenvalue weighted by Gasteiger charge is 2.05. The number of nitrogens with zero attached hydrogens (tertiary/aromatic N) is 2. The minimum atomic E-state index is -0.125. The fourth-order valence-corrected chi connectivity index (χ4v) is 1.52. The molecule has 0 aliphatic rings. The third-order valence-corrected chi connectivity index (χ3v) is 2.45. The lowest BCUT2D eigenvalue weighted by Crippen LogP contribution is -2.32. The topological polar surface area (TPSA) is 114 Å². The van der Waals surface area contributed by atoms with Gasteiger partial charge in [-0.1, -0.05) is 6.92 Å². The normalized spacial score (nSPS) is 10.2. The molecule has 0 aromatic carbocycles. The van der Waals surface area contributed by atoms with Gasteiger partial charge in [-0.15, -0.1) is 0 Å². The third-order valence-electron chi connectivity index (χ3n) is 2.45. The average molecular weight is 282 g/mol. The van der Waals surface area contributed by atoms with E-state index < -0.39 is 0 Å². The molecule has 20 heavy (non-hydrogen) atoms. The van der Waals surface area contributed by atoms with Gasteiger partial charge in [0.05, 0.1) is 13.2 Å². The van der Waals surface area contributed by atoms with Crippen LogP contribution in [-0.4, -0.2) is 42.7 Å². The zero-order valence-corrected chi connectivity index (χ0v) is 11.9. The van der Waals surface area contributed by atoms with Crippen LogP contribution >= 0.6 is 0 Å². The van der Waals surface area contributed by atoms with Crippen LogP contribution < -0.4 is 21.9 Å². The highest BCUT2D eigenvalue weighted by Crippen LogP contribution is 2.11. The van der Waals surface area contributed by atoms with E-state index >= 15 is 0 Å². The van der Waals surface area contributed by atoms with Gasteiger partial charge < -0.3 is 20.8 Å². The molecular weight excluding hydrogens is 260 g/mol. The van der Waals surface area contributed by atoms with E-state index in [2.05, 4.69) is 26.0 Å². The van der Waals surface area contributed by atoms with E-state index in [4.69, 9.17) is 10.6 Å². The monoisotopic (exact) mass is 282 g/mol. The van der Waals surface area contributed by atoms with Crippen molar-refractivity contribution in [3.05, 3.63) is 11.9 Å². The number of anilines is 2. The molecule has 8 heteroatoms. The standard InChI is InChI=1S/C12H22N6O2/c1-3-4-9-16-10(7-11(17-9)18-13)15-8-12(19)14-5-6-20-2/h7H,3-6,8,13H2,1-2H3,(H,14,19)(H2,15,16,17,18). The maximum atomic E-state index is 11.5. The number of hydrazine groups is 1. The van der Waals surface area contributed by atoms with Crippen molar-refractivity contribution < 1.29 is 9.53 Å². The summed E-state index contributed by atoms with van der Waals surface area (Å²) in [5.74, 6) is 7.01. The number of hydrogen-bond acceptors (Lipinski definition) is 7. The predicted octanol–water partition coefficient (Wildman–Crippen LogP) is -0.111. The molecule has 112 valence electrons. The third kappa shape index (κ3) is 5.81. The van der Waals surface area contributed by atoms with Crippen molar-refractivity contribution in [2.24, 2.45) is 5.84 Å². The van der Waals surface area contributed by atoms with Crippen molar-refractivity contribution in [1.29, 1.82) is 0 Å². The average Bonchev–Trinajstić information content (AvgIpc) is 2.45. The Balaban J connectivity index is 2.53. The molecule has 0 radical (unpaired) electrons. The summed E-state index contributed by atoms with van der Waals surface area (Å²) in [5, 5.41) is 5.66. The molecule has 0 saturated heterocycles. The molecule has 0 bridgehead atoms. The Labute approximate surface area is 118 Å². The summed E-state index contributed by atoms with van der Waals surface area (Å²) in [5.41, 5.74) is 2.49. The summed E-state index contributed by atoms with van der Waals surface area (Å²) in [6.07, 6.45) is 1.69. The van der Waals surface area contributed by atoms with Gasteiger partial charge in [-0.25, -0.2) is 15.8 Å². The minimum absolute atomic E-state index is 0.125. The predicted molar refractivity (Wildman–Crippen MR) is 77.2 cm³/mol. The number of nitrogens with one attached hydrogen (secondary N) is 3. The lowest BCUT2D eigenvalue weighted by atomic mass is 10.3. The van der Waals surface area contributed by atoms with Crippen LogP contribution in [-0.2, 0) is 16.0 Å². The molecule has 0 spiro atoms. The molecule has 8 nitrogen and oxygen atoms in total. The Bertz CT molecular complexity index is 426. The van der Waals surface area contributed by atoms with Crippen molar-refractivity contribution in [1.82, 2.24) is 15.3 Å². The van der Waals surface area contributed by atoms with Crippen LogP contribution in [0.2, 0.25) is 0 Å². The molecule has 1 aromatic heterocycles. The van der Waals surface area contributed by atoms with Crippen LogP contribution in [0.3, 0.4) is 0 Å². The number of rotatable bonds is 9. The number of aromatic nitrogens is 2. The number of hydrogen-bond donors (Lipinski definition) is 4. The molecule has 1 heterocycles. The Morgan fingerprint density at radius 2 is 2.15 bits per heavy atom. The highest BCUT2D eigenvalue weighted by atomic mass is 16.5. The number of nitrogens with two attached hydrogens (primary N) is 1. The second-order valence-electron chi connectivity index (χ2n) is 4.15. The number of nitrogen functional groups attached to an aromatic ring is 1. The van der Waals surface area contributed by atoms with Gasteiger partial charge in [0.15, 0.2) is 0 Å². The van der Waals surface area contributed by atoms with Crippen LogP contribution in [0.25, 0.3) is 0 Å². The number of carbonyl (C=O) groups excluding carboxylic acids is 1. The number of carbonyl (C=O) groups is 1. The largest absolute Gasteiger partial charge is 0.383 e. The molecule has 0 atom stereocenters. The number of methoxy groups -OCH3 is 1. The van der Waals surface area contributed by atoms with Gasteiger partial charge >= 0.3 is 0 Å². The maximum absolute atomic E-state index is 11.5. The first kappa shape index (κ1) is 16.1.